The molecule has 1 aromatic rings. The number of hydrogen-bond donors (Lipinski definition) is 2. The highest BCUT2D eigenvalue weighted by Crippen LogP contribution is 2.13. The minimum absolute atomic E-state index is 0.0399. The summed E-state index contributed by atoms with van der Waals surface area (Å²) in [6.07, 6.45) is 2.06. The largest absolute Gasteiger partial charge is 0.351 e. The predicted octanol–water partition coefficient (Wildman–Crippen LogP) is 2.27. The second-order valence-corrected chi connectivity index (χ2v) is 7.76. The number of nitrogens with zero attached hydrogens (tertiary/aromatic N) is 1. The summed E-state index contributed by atoms with van der Waals surface area (Å²) in [5.74, 6) is -0.0207. The van der Waals surface area contributed by atoms with Gasteiger partial charge >= 0.3 is 0 Å². The van der Waals surface area contributed by atoms with Gasteiger partial charge in [0.15, 0.2) is 0 Å². The molecule has 1 aliphatic heterocycles. The molecule has 6 heteroatoms. The van der Waals surface area contributed by atoms with E-state index < -0.39 is 6.04 Å². The second kappa shape index (κ2) is 9.53. The first-order valence-corrected chi connectivity index (χ1v) is 9.70. The minimum Gasteiger partial charge on any atom is -0.351 e. The van der Waals surface area contributed by atoms with Gasteiger partial charge < -0.3 is 15.5 Å². The first kappa shape index (κ1) is 20.9. The molecule has 1 unspecified atom stereocenters. The molecule has 1 fully saturated rings. The maximum absolute atomic E-state index is 12.8. The Kier molecular flexibility index (Phi) is 7.39. The SMILES string of the molecule is CC(=O)N1CCC(NC(=O)C(CC(C)C)NC(=O)c2ccccc2C)CC1. The molecule has 1 atom stereocenters. The smallest absolute Gasteiger partial charge is 0.252 e. The Morgan fingerprint density at radius 3 is 2.33 bits per heavy atom. The zero-order valence-electron chi connectivity index (χ0n) is 16.7. The van der Waals surface area contributed by atoms with Crippen LogP contribution in [0, 0.1) is 12.8 Å². The Hall–Kier alpha value is -2.37. The van der Waals surface area contributed by atoms with Crippen LogP contribution in [0.15, 0.2) is 24.3 Å². The number of carbonyl (C=O) groups excluding carboxylic acids is 3. The van der Waals surface area contributed by atoms with Crippen molar-refractivity contribution < 1.29 is 14.4 Å². The van der Waals surface area contributed by atoms with E-state index in [0.29, 0.717) is 25.1 Å². The standard InChI is InChI=1S/C21H31N3O3/c1-14(2)13-19(23-20(26)18-8-6-5-7-15(18)3)21(27)22-17-9-11-24(12-10-17)16(4)25/h5-8,14,17,19H,9-13H2,1-4H3,(H,22,27)(H,23,26). The number of benzene rings is 1. The maximum Gasteiger partial charge on any atom is 0.252 e. The Balaban J connectivity index is 1.98. The number of likely N-dealkylation sites (tertiary alicyclic amines) is 1. The van der Waals surface area contributed by atoms with Crippen molar-refractivity contribution in [1.29, 1.82) is 0 Å². The van der Waals surface area contributed by atoms with Gasteiger partial charge in [-0.3, -0.25) is 14.4 Å². The number of carbonyl (C=O) groups is 3. The topological polar surface area (TPSA) is 78.5 Å². The summed E-state index contributed by atoms with van der Waals surface area (Å²) in [7, 11) is 0. The van der Waals surface area contributed by atoms with Crippen molar-refractivity contribution in [2.24, 2.45) is 5.92 Å². The van der Waals surface area contributed by atoms with Crippen molar-refractivity contribution in [1.82, 2.24) is 15.5 Å². The summed E-state index contributed by atoms with van der Waals surface area (Å²) >= 11 is 0. The maximum atomic E-state index is 12.8. The third-order valence-electron chi connectivity index (χ3n) is 5.01. The quantitative estimate of drug-likeness (QED) is 0.803. The zero-order valence-corrected chi connectivity index (χ0v) is 16.7. The molecule has 27 heavy (non-hydrogen) atoms. The highest BCUT2D eigenvalue weighted by atomic mass is 16.2. The first-order chi connectivity index (χ1) is 12.8. The summed E-state index contributed by atoms with van der Waals surface area (Å²) in [5.41, 5.74) is 1.48. The van der Waals surface area contributed by atoms with Gasteiger partial charge in [-0.25, -0.2) is 0 Å². The molecule has 1 aliphatic rings. The molecule has 0 spiro atoms. The van der Waals surface area contributed by atoms with Crippen LogP contribution in [0.1, 0.15) is 56.0 Å². The molecule has 3 amide bonds. The van der Waals surface area contributed by atoms with E-state index in [9.17, 15) is 14.4 Å². The summed E-state index contributed by atoms with van der Waals surface area (Å²) < 4.78 is 0. The van der Waals surface area contributed by atoms with E-state index in [4.69, 9.17) is 0 Å². The number of rotatable bonds is 6. The molecular formula is C21H31N3O3. The monoisotopic (exact) mass is 373 g/mol. The van der Waals surface area contributed by atoms with Gasteiger partial charge in [-0.15, -0.1) is 0 Å². The molecule has 0 aliphatic carbocycles. The van der Waals surface area contributed by atoms with E-state index >= 15 is 0 Å². The van der Waals surface area contributed by atoms with E-state index in [1.807, 2.05) is 39.0 Å². The molecule has 6 nitrogen and oxygen atoms in total. The van der Waals surface area contributed by atoms with Crippen LogP contribution >= 0.6 is 0 Å². The molecule has 0 saturated carbocycles. The lowest BCUT2D eigenvalue weighted by Crippen LogP contribution is -2.53. The Morgan fingerprint density at radius 1 is 1.15 bits per heavy atom. The van der Waals surface area contributed by atoms with E-state index in [2.05, 4.69) is 10.6 Å². The van der Waals surface area contributed by atoms with Crippen LogP contribution in [0.2, 0.25) is 0 Å². The molecule has 148 valence electrons. The van der Waals surface area contributed by atoms with Crippen LogP contribution in [0.5, 0.6) is 0 Å². The average molecular weight is 373 g/mol. The molecule has 0 bridgehead atoms. The van der Waals surface area contributed by atoms with Gasteiger partial charge in [-0.1, -0.05) is 32.0 Å². The van der Waals surface area contributed by atoms with Crippen molar-refractivity contribution in [3.8, 4) is 0 Å². The van der Waals surface area contributed by atoms with Gasteiger partial charge in [0.25, 0.3) is 5.91 Å². The van der Waals surface area contributed by atoms with Gasteiger partial charge in [0.2, 0.25) is 11.8 Å². The van der Waals surface area contributed by atoms with E-state index in [1.54, 1.807) is 17.9 Å². The number of piperidine rings is 1. The minimum atomic E-state index is -0.567. The highest BCUT2D eigenvalue weighted by Gasteiger charge is 2.27. The first-order valence-electron chi connectivity index (χ1n) is 9.70. The number of nitrogens with one attached hydrogen (secondary N) is 2. The van der Waals surface area contributed by atoms with Gasteiger partial charge in [-0.2, -0.15) is 0 Å². The Bertz CT molecular complexity index is 679. The molecule has 1 heterocycles. The van der Waals surface area contributed by atoms with Crippen LogP contribution in [0.3, 0.4) is 0 Å². The summed E-state index contributed by atoms with van der Waals surface area (Å²) in [4.78, 5) is 38.7. The van der Waals surface area contributed by atoms with Crippen molar-refractivity contribution >= 4 is 17.7 Å². The fraction of sp³-hybridized carbons (Fsp3) is 0.571. The highest BCUT2D eigenvalue weighted by molar-refractivity contribution is 5.98. The third kappa shape index (κ3) is 6.08. The molecule has 1 saturated heterocycles. The lowest BCUT2D eigenvalue weighted by atomic mass is 10.00. The van der Waals surface area contributed by atoms with Crippen molar-refractivity contribution in [2.75, 3.05) is 13.1 Å². The normalized spacial score (nSPS) is 16.1. The van der Waals surface area contributed by atoms with E-state index in [-0.39, 0.29) is 29.7 Å². The number of aryl methyl sites for hydroxylation is 1. The Labute approximate surface area is 161 Å². The molecule has 2 N–H and O–H groups in total. The van der Waals surface area contributed by atoms with Crippen LogP contribution < -0.4 is 10.6 Å². The van der Waals surface area contributed by atoms with Gasteiger partial charge in [-0.05, 0) is 43.7 Å². The molecule has 2 rings (SSSR count). The molecule has 0 aromatic heterocycles. The zero-order chi connectivity index (χ0) is 20.0. The summed E-state index contributed by atoms with van der Waals surface area (Å²) in [6, 6.07) is 6.84. The molecular weight excluding hydrogens is 342 g/mol. The van der Waals surface area contributed by atoms with E-state index in [1.165, 1.54) is 0 Å². The van der Waals surface area contributed by atoms with Gasteiger partial charge in [0, 0.05) is 31.6 Å². The fourth-order valence-electron chi connectivity index (χ4n) is 3.41. The number of amides is 3. The fourth-order valence-corrected chi connectivity index (χ4v) is 3.41. The average Bonchev–Trinajstić information content (AvgIpc) is 2.61. The second-order valence-electron chi connectivity index (χ2n) is 7.76. The number of hydrogen-bond acceptors (Lipinski definition) is 3. The van der Waals surface area contributed by atoms with Crippen molar-refractivity contribution in [3.05, 3.63) is 35.4 Å². The predicted molar refractivity (Wildman–Crippen MR) is 105 cm³/mol. The van der Waals surface area contributed by atoms with Crippen LogP contribution in [-0.2, 0) is 9.59 Å². The lowest BCUT2D eigenvalue weighted by molar-refractivity contribution is -0.130. The lowest BCUT2D eigenvalue weighted by Gasteiger charge is -2.32. The van der Waals surface area contributed by atoms with E-state index in [0.717, 1.165) is 18.4 Å². The molecule has 1 aromatic carbocycles. The molecule has 0 radical (unpaired) electrons. The van der Waals surface area contributed by atoms with Crippen LogP contribution in [0.4, 0.5) is 0 Å². The van der Waals surface area contributed by atoms with Crippen molar-refractivity contribution in [3.63, 3.8) is 0 Å². The van der Waals surface area contributed by atoms with Gasteiger partial charge in [0.05, 0.1) is 0 Å². The summed E-state index contributed by atoms with van der Waals surface area (Å²) in [5, 5.41) is 5.97. The third-order valence-corrected chi connectivity index (χ3v) is 5.01. The van der Waals surface area contributed by atoms with Crippen LogP contribution in [0.25, 0.3) is 0 Å². The van der Waals surface area contributed by atoms with Crippen LogP contribution in [-0.4, -0.2) is 47.8 Å². The summed E-state index contributed by atoms with van der Waals surface area (Å²) in [6.45, 7) is 8.83. The Morgan fingerprint density at radius 2 is 1.78 bits per heavy atom. The van der Waals surface area contributed by atoms with Crippen molar-refractivity contribution in [2.45, 2.75) is 59.0 Å². The van der Waals surface area contributed by atoms with Gasteiger partial charge in [0.1, 0.15) is 6.04 Å².